The minimum absolute atomic E-state index is 0.139. The van der Waals surface area contributed by atoms with E-state index < -0.39 is 0 Å². The zero-order chi connectivity index (χ0) is 13.2. The van der Waals surface area contributed by atoms with Crippen molar-refractivity contribution in [2.24, 2.45) is 5.92 Å². The van der Waals surface area contributed by atoms with Gasteiger partial charge >= 0.3 is 0 Å². The average Bonchev–Trinajstić information content (AvgIpc) is 2.89. The molecule has 5 heteroatoms. The smallest absolute Gasteiger partial charge is 0.146 e. The van der Waals surface area contributed by atoms with Crippen LogP contribution in [0.5, 0.6) is 0 Å². The van der Waals surface area contributed by atoms with E-state index in [-0.39, 0.29) is 6.10 Å². The summed E-state index contributed by atoms with van der Waals surface area (Å²) >= 11 is 3.54. The Labute approximate surface area is 122 Å². The molecule has 0 amide bonds. The second-order valence-corrected chi connectivity index (χ2v) is 6.47. The van der Waals surface area contributed by atoms with Crippen molar-refractivity contribution in [2.75, 3.05) is 11.4 Å². The molecule has 1 aromatic heterocycles. The summed E-state index contributed by atoms with van der Waals surface area (Å²) < 4.78 is 0.951. The quantitative estimate of drug-likeness (QED) is 0.908. The van der Waals surface area contributed by atoms with Crippen molar-refractivity contribution in [1.29, 1.82) is 0 Å². The van der Waals surface area contributed by atoms with E-state index in [4.69, 9.17) is 0 Å². The van der Waals surface area contributed by atoms with Gasteiger partial charge in [0.15, 0.2) is 0 Å². The minimum Gasteiger partial charge on any atom is -0.393 e. The van der Waals surface area contributed by atoms with Crippen LogP contribution in [0.15, 0.2) is 17.0 Å². The van der Waals surface area contributed by atoms with Gasteiger partial charge in [-0.1, -0.05) is 12.8 Å². The van der Waals surface area contributed by atoms with Crippen LogP contribution in [0.25, 0.3) is 0 Å². The van der Waals surface area contributed by atoms with Gasteiger partial charge in [0.1, 0.15) is 12.1 Å². The van der Waals surface area contributed by atoms with Crippen molar-refractivity contribution in [2.45, 2.75) is 50.7 Å². The Morgan fingerprint density at radius 3 is 2.84 bits per heavy atom. The van der Waals surface area contributed by atoms with Crippen LogP contribution >= 0.6 is 15.9 Å². The number of halogens is 1. The molecule has 1 aliphatic carbocycles. The van der Waals surface area contributed by atoms with Gasteiger partial charge in [0.05, 0.1) is 10.6 Å². The summed E-state index contributed by atoms with van der Waals surface area (Å²) in [5, 5.41) is 10.3. The van der Waals surface area contributed by atoms with Gasteiger partial charge in [-0.25, -0.2) is 9.97 Å². The molecule has 1 aromatic rings. The van der Waals surface area contributed by atoms with Crippen LogP contribution in [-0.4, -0.2) is 33.8 Å². The highest BCUT2D eigenvalue weighted by molar-refractivity contribution is 9.10. The second kappa shape index (κ2) is 5.75. The maximum atomic E-state index is 10.3. The zero-order valence-corrected chi connectivity index (χ0v) is 12.6. The summed E-state index contributed by atoms with van der Waals surface area (Å²) in [6.45, 7) is 1.03. The molecule has 0 spiro atoms. The Morgan fingerprint density at radius 2 is 2.05 bits per heavy atom. The molecule has 104 valence electrons. The lowest BCUT2D eigenvalue weighted by Crippen LogP contribution is -2.43. The van der Waals surface area contributed by atoms with Gasteiger partial charge in [-0.3, -0.25) is 0 Å². The summed E-state index contributed by atoms with van der Waals surface area (Å²) in [4.78, 5) is 10.8. The maximum absolute atomic E-state index is 10.3. The fourth-order valence-corrected chi connectivity index (χ4v) is 4.06. The largest absolute Gasteiger partial charge is 0.393 e. The lowest BCUT2D eigenvalue weighted by molar-refractivity contribution is 0.0565. The zero-order valence-electron chi connectivity index (χ0n) is 11.0. The lowest BCUT2D eigenvalue weighted by atomic mass is 9.80. The fourth-order valence-electron chi connectivity index (χ4n) is 3.61. The molecule has 0 unspecified atom stereocenters. The average molecular weight is 326 g/mol. The van der Waals surface area contributed by atoms with E-state index in [0.29, 0.717) is 12.0 Å². The molecule has 2 aliphatic rings. The number of aliphatic hydroxyl groups is 1. The molecular weight excluding hydrogens is 306 g/mol. The third-order valence-corrected chi connectivity index (χ3v) is 5.05. The van der Waals surface area contributed by atoms with Crippen LogP contribution in [-0.2, 0) is 0 Å². The number of rotatable bonds is 2. The van der Waals surface area contributed by atoms with E-state index >= 15 is 0 Å². The Bertz CT molecular complexity index is 442. The summed E-state index contributed by atoms with van der Waals surface area (Å²) in [5.74, 6) is 1.38. The van der Waals surface area contributed by atoms with Gasteiger partial charge in [0, 0.05) is 24.7 Å². The van der Waals surface area contributed by atoms with E-state index in [0.717, 1.165) is 36.1 Å². The third kappa shape index (κ3) is 2.63. The molecule has 0 bridgehead atoms. The molecule has 0 aromatic carbocycles. The number of hydrogen-bond donors (Lipinski definition) is 1. The number of aliphatic hydroxyl groups excluding tert-OH is 1. The van der Waals surface area contributed by atoms with Crippen molar-refractivity contribution < 1.29 is 5.11 Å². The first-order chi connectivity index (χ1) is 9.27. The highest BCUT2D eigenvalue weighted by Gasteiger charge is 2.37. The maximum Gasteiger partial charge on any atom is 0.146 e. The topological polar surface area (TPSA) is 49.2 Å². The molecule has 2 fully saturated rings. The number of anilines is 1. The predicted molar refractivity (Wildman–Crippen MR) is 78.1 cm³/mol. The minimum atomic E-state index is -0.139. The van der Waals surface area contributed by atoms with E-state index in [1.165, 1.54) is 19.3 Å². The molecule has 1 N–H and O–H groups in total. The molecule has 19 heavy (non-hydrogen) atoms. The Kier molecular flexibility index (Phi) is 4.03. The summed E-state index contributed by atoms with van der Waals surface area (Å²) in [5.41, 5.74) is 0. The fraction of sp³-hybridized carbons (Fsp3) is 0.714. The first-order valence-electron chi connectivity index (χ1n) is 7.17. The van der Waals surface area contributed by atoms with Gasteiger partial charge in [0.25, 0.3) is 0 Å². The van der Waals surface area contributed by atoms with Gasteiger partial charge in [-0.05, 0) is 41.6 Å². The predicted octanol–water partition coefficient (Wildman–Crippen LogP) is 2.76. The Hall–Kier alpha value is -0.680. The standard InChI is InChI=1S/C14H20BrN3O/c15-11-8-16-9-17-14(11)18-7-3-5-12(18)10-4-1-2-6-13(10)19/h8-10,12-13,19H,1-7H2/t10-,12-,13-/m1/s1. The van der Waals surface area contributed by atoms with Gasteiger partial charge in [-0.15, -0.1) is 0 Å². The van der Waals surface area contributed by atoms with Gasteiger partial charge in [-0.2, -0.15) is 0 Å². The van der Waals surface area contributed by atoms with Crippen LogP contribution in [0.1, 0.15) is 38.5 Å². The van der Waals surface area contributed by atoms with Crippen LogP contribution in [0, 0.1) is 5.92 Å². The molecule has 1 aliphatic heterocycles. The SMILES string of the molecule is O[C@@H]1CCCC[C@@H]1[C@H]1CCCN1c1ncncc1Br. The highest BCUT2D eigenvalue weighted by atomic mass is 79.9. The highest BCUT2D eigenvalue weighted by Crippen LogP contribution is 2.38. The monoisotopic (exact) mass is 325 g/mol. The van der Waals surface area contributed by atoms with E-state index in [1.807, 2.05) is 0 Å². The normalized spacial score (nSPS) is 31.7. The van der Waals surface area contributed by atoms with E-state index in [2.05, 4.69) is 30.8 Å². The van der Waals surface area contributed by atoms with Crippen molar-refractivity contribution in [1.82, 2.24) is 9.97 Å². The molecule has 1 saturated carbocycles. The number of aromatic nitrogens is 2. The van der Waals surface area contributed by atoms with Crippen molar-refractivity contribution in [3.8, 4) is 0 Å². The number of nitrogens with zero attached hydrogens (tertiary/aromatic N) is 3. The van der Waals surface area contributed by atoms with E-state index in [9.17, 15) is 5.11 Å². The van der Waals surface area contributed by atoms with Crippen molar-refractivity contribution >= 4 is 21.7 Å². The molecule has 3 rings (SSSR count). The third-order valence-electron chi connectivity index (χ3n) is 4.50. The van der Waals surface area contributed by atoms with Gasteiger partial charge in [0.2, 0.25) is 0 Å². The van der Waals surface area contributed by atoms with Gasteiger partial charge < -0.3 is 10.0 Å². The first-order valence-corrected chi connectivity index (χ1v) is 7.97. The molecule has 1 saturated heterocycles. The van der Waals surface area contributed by atoms with Crippen LogP contribution < -0.4 is 4.90 Å². The van der Waals surface area contributed by atoms with Crippen LogP contribution in [0.2, 0.25) is 0 Å². The molecule has 3 atom stereocenters. The molecule has 2 heterocycles. The lowest BCUT2D eigenvalue weighted by Gasteiger charge is -2.37. The van der Waals surface area contributed by atoms with Crippen LogP contribution in [0.3, 0.4) is 0 Å². The van der Waals surface area contributed by atoms with E-state index in [1.54, 1.807) is 12.5 Å². The Balaban J connectivity index is 1.83. The van der Waals surface area contributed by atoms with Crippen LogP contribution in [0.4, 0.5) is 5.82 Å². The van der Waals surface area contributed by atoms with Crippen molar-refractivity contribution in [3.63, 3.8) is 0 Å². The summed E-state index contributed by atoms with van der Waals surface area (Å²) in [6, 6.07) is 0.432. The second-order valence-electron chi connectivity index (χ2n) is 5.61. The summed E-state index contributed by atoms with van der Waals surface area (Å²) in [6.07, 6.45) is 10.1. The number of hydrogen-bond acceptors (Lipinski definition) is 4. The first kappa shape index (κ1) is 13.3. The van der Waals surface area contributed by atoms with Crippen molar-refractivity contribution in [3.05, 3.63) is 17.0 Å². The molecule has 4 nitrogen and oxygen atoms in total. The summed E-state index contributed by atoms with van der Waals surface area (Å²) in [7, 11) is 0. The molecular formula is C14H20BrN3O. The Morgan fingerprint density at radius 1 is 1.21 bits per heavy atom. The molecule has 0 radical (unpaired) electrons.